The lowest BCUT2D eigenvalue weighted by molar-refractivity contribution is 0.601. The zero-order chi connectivity index (χ0) is 13.9. The molecule has 0 amide bonds. The fourth-order valence-electron chi connectivity index (χ4n) is 1.48. The molecule has 0 fully saturated rings. The summed E-state index contributed by atoms with van der Waals surface area (Å²) >= 11 is 3.23. The van der Waals surface area contributed by atoms with E-state index < -0.39 is 10.0 Å². The van der Waals surface area contributed by atoms with Gasteiger partial charge in [0.25, 0.3) is 10.0 Å². The summed E-state index contributed by atoms with van der Waals surface area (Å²) in [6, 6.07) is 7.91. The van der Waals surface area contributed by atoms with Crippen LogP contribution in [0.2, 0.25) is 0 Å². The van der Waals surface area contributed by atoms with Crippen LogP contribution in [0.25, 0.3) is 0 Å². The van der Waals surface area contributed by atoms with E-state index in [1.807, 2.05) is 0 Å². The van der Waals surface area contributed by atoms with Gasteiger partial charge in [0, 0.05) is 12.4 Å². The number of pyridine rings is 1. The van der Waals surface area contributed by atoms with E-state index in [4.69, 9.17) is 5.84 Å². The van der Waals surface area contributed by atoms with Gasteiger partial charge in [-0.05, 0) is 34.1 Å². The molecule has 0 saturated heterocycles. The molecular weight excluding hydrogens is 332 g/mol. The number of anilines is 2. The summed E-state index contributed by atoms with van der Waals surface area (Å²) in [6.07, 6.45) is 3.00. The maximum absolute atomic E-state index is 12.3. The molecule has 2 aromatic rings. The number of para-hydroxylation sites is 1. The molecule has 0 atom stereocenters. The monoisotopic (exact) mass is 342 g/mol. The molecule has 0 aliphatic rings. The Morgan fingerprint density at radius 2 is 1.89 bits per heavy atom. The summed E-state index contributed by atoms with van der Waals surface area (Å²) in [5.41, 5.74) is 3.08. The van der Waals surface area contributed by atoms with Gasteiger partial charge in [0.2, 0.25) is 0 Å². The van der Waals surface area contributed by atoms with Crippen LogP contribution in [0.5, 0.6) is 0 Å². The molecule has 0 unspecified atom stereocenters. The summed E-state index contributed by atoms with van der Waals surface area (Å²) in [4.78, 5) is 3.94. The van der Waals surface area contributed by atoms with Crippen LogP contribution in [-0.4, -0.2) is 13.4 Å². The molecule has 0 radical (unpaired) electrons. The molecule has 100 valence electrons. The summed E-state index contributed by atoms with van der Waals surface area (Å²) in [5.74, 6) is 5.31. The minimum Gasteiger partial charge on any atom is -0.323 e. The Balaban J connectivity index is 2.41. The van der Waals surface area contributed by atoms with Gasteiger partial charge in [0.1, 0.15) is 4.90 Å². The molecule has 2 rings (SSSR count). The van der Waals surface area contributed by atoms with Crippen LogP contribution in [0.3, 0.4) is 0 Å². The van der Waals surface area contributed by atoms with Crippen molar-refractivity contribution in [3.05, 3.63) is 47.2 Å². The first-order valence-corrected chi connectivity index (χ1v) is 7.50. The van der Waals surface area contributed by atoms with E-state index in [2.05, 4.69) is 31.1 Å². The van der Waals surface area contributed by atoms with Gasteiger partial charge in [0.15, 0.2) is 0 Å². The fourth-order valence-corrected chi connectivity index (χ4v) is 3.21. The summed E-state index contributed by atoms with van der Waals surface area (Å²) in [6.45, 7) is 0. The van der Waals surface area contributed by atoms with Crippen molar-refractivity contribution < 1.29 is 8.42 Å². The molecule has 4 N–H and O–H groups in total. The summed E-state index contributed by atoms with van der Waals surface area (Å²) in [5, 5.41) is 0. The highest BCUT2D eigenvalue weighted by Crippen LogP contribution is 2.26. The second kappa shape index (κ2) is 5.55. The molecule has 1 aromatic carbocycles. The number of nitrogens with one attached hydrogen (secondary N) is 2. The fraction of sp³-hybridized carbons (Fsp3) is 0. The topological polar surface area (TPSA) is 97.1 Å². The predicted molar refractivity (Wildman–Crippen MR) is 77.0 cm³/mol. The number of rotatable bonds is 4. The third-order valence-corrected chi connectivity index (χ3v) is 4.40. The van der Waals surface area contributed by atoms with Crippen molar-refractivity contribution in [1.82, 2.24) is 4.98 Å². The second-order valence-electron chi connectivity index (χ2n) is 3.60. The van der Waals surface area contributed by atoms with E-state index in [0.29, 0.717) is 15.8 Å². The maximum Gasteiger partial charge on any atom is 0.264 e. The average Bonchev–Trinajstić information content (AvgIpc) is 2.41. The van der Waals surface area contributed by atoms with Gasteiger partial charge in [-0.15, -0.1) is 0 Å². The van der Waals surface area contributed by atoms with E-state index in [-0.39, 0.29) is 4.90 Å². The van der Waals surface area contributed by atoms with Crippen molar-refractivity contribution >= 4 is 37.3 Å². The van der Waals surface area contributed by atoms with Crippen molar-refractivity contribution in [2.45, 2.75) is 4.90 Å². The first-order valence-electron chi connectivity index (χ1n) is 5.22. The van der Waals surface area contributed by atoms with Crippen molar-refractivity contribution in [1.29, 1.82) is 0 Å². The lowest BCUT2D eigenvalue weighted by Crippen LogP contribution is -2.17. The zero-order valence-electron chi connectivity index (χ0n) is 9.67. The highest BCUT2D eigenvalue weighted by Gasteiger charge is 2.18. The van der Waals surface area contributed by atoms with E-state index in [9.17, 15) is 8.42 Å². The van der Waals surface area contributed by atoms with Gasteiger partial charge in [-0.2, -0.15) is 0 Å². The number of nitrogen functional groups attached to an aromatic ring is 1. The number of nitrogens with two attached hydrogens (primary N) is 1. The highest BCUT2D eigenvalue weighted by atomic mass is 79.9. The lowest BCUT2D eigenvalue weighted by atomic mass is 10.3. The second-order valence-corrected chi connectivity index (χ2v) is 6.11. The number of aromatic nitrogens is 1. The quantitative estimate of drug-likeness (QED) is 0.582. The SMILES string of the molecule is NNc1ccccc1S(=O)(=O)Nc1ccncc1Br. The number of nitrogens with zero attached hydrogens (tertiary/aromatic N) is 1. The smallest absolute Gasteiger partial charge is 0.264 e. The van der Waals surface area contributed by atoms with Crippen LogP contribution in [0, 0.1) is 0 Å². The average molecular weight is 343 g/mol. The molecule has 0 spiro atoms. The first-order chi connectivity index (χ1) is 9.04. The summed E-state index contributed by atoms with van der Waals surface area (Å²) < 4.78 is 27.6. The van der Waals surface area contributed by atoms with E-state index in [1.54, 1.807) is 24.3 Å². The lowest BCUT2D eigenvalue weighted by Gasteiger charge is -2.12. The minimum atomic E-state index is -3.73. The molecule has 1 heterocycles. The van der Waals surface area contributed by atoms with Gasteiger partial charge in [-0.1, -0.05) is 12.1 Å². The molecule has 8 heteroatoms. The van der Waals surface area contributed by atoms with Crippen LogP contribution in [0.15, 0.2) is 52.1 Å². The number of sulfonamides is 1. The van der Waals surface area contributed by atoms with Crippen LogP contribution in [-0.2, 0) is 10.0 Å². The maximum atomic E-state index is 12.3. The van der Waals surface area contributed by atoms with Crippen LogP contribution < -0.4 is 16.0 Å². The van der Waals surface area contributed by atoms with Gasteiger partial charge in [-0.25, -0.2) is 8.42 Å². The minimum absolute atomic E-state index is 0.0706. The van der Waals surface area contributed by atoms with Crippen molar-refractivity contribution in [2.24, 2.45) is 5.84 Å². The van der Waals surface area contributed by atoms with Crippen molar-refractivity contribution in [3.8, 4) is 0 Å². The zero-order valence-corrected chi connectivity index (χ0v) is 12.1. The van der Waals surface area contributed by atoms with Gasteiger partial charge in [-0.3, -0.25) is 15.5 Å². The Labute approximate surface area is 119 Å². The predicted octanol–water partition coefficient (Wildman–Crippen LogP) is 1.93. The van der Waals surface area contributed by atoms with Gasteiger partial charge >= 0.3 is 0 Å². The Kier molecular flexibility index (Phi) is 4.03. The van der Waals surface area contributed by atoms with Crippen LogP contribution in [0.4, 0.5) is 11.4 Å². The molecule has 0 bridgehead atoms. The number of hydrazine groups is 1. The van der Waals surface area contributed by atoms with Gasteiger partial charge < -0.3 is 5.43 Å². The van der Waals surface area contributed by atoms with Crippen molar-refractivity contribution in [3.63, 3.8) is 0 Å². The molecule has 1 aromatic heterocycles. The Morgan fingerprint density at radius 3 is 2.58 bits per heavy atom. The highest BCUT2D eigenvalue weighted by molar-refractivity contribution is 9.10. The van der Waals surface area contributed by atoms with E-state index in [1.165, 1.54) is 18.5 Å². The third kappa shape index (κ3) is 3.03. The van der Waals surface area contributed by atoms with Crippen LogP contribution >= 0.6 is 15.9 Å². The number of hydrogen-bond donors (Lipinski definition) is 3. The third-order valence-electron chi connectivity index (χ3n) is 2.35. The van der Waals surface area contributed by atoms with Gasteiger partial charge in [0.05, 0.1) is 15.8 Å². The van der Waals surface area contributed by atoms with Crippen molar-refractivity contribution in [2.75, 3.05) is 10.1 Å². The van der Waals surface area contributed by atoms with E-state index in [0.717, 1.165) is 0 Å². The Morgan fingerprint density at radius 1 is 1.16 bits per heavy atom. The first kappa shape index (κ1) is 13.8. The molecule has 19 heavy (non-hydrogen) atoms. The summed E-state index contributed by atoms with van der Waals surface area (Å²) in [7, 11) is -3.73. The Bertz CT molecular complexity index is 691. The molecule has 0 aliphatic heterocycles. The Hall–Kier alpha value is -1.64. The molecule has 0 saturated carbocycles. The molecule has 0 aliphatic carbocycles. The molecule has 6 nitrogen and oxygen atoms in total. The molecular formula is C11H11BrN4O2S. The number of hydrogen-bond acceptors (Lipinski definition) is 5. The normalized spacial score (nSPS) is 11.1. The standard InChI is InChI=1S/C11H11BrN4O2S/c12-8-7-14-6-5-9(8)16-19(17,18)11-4-2-1-3-10(11)15-13/h1-7,15H,13H2,(H,14,16). The van der Waals surface area contributed by atoms with Crippen LogP contribution in [0.1, 0.15) is 0 Å². The largest absolute Gasteiger partial charge is 0.323 e. The van der Waals surface area contributed by atoms with E-state index >= 15 is 0 Å². The number of benzene rings is 1. The number of halogens is 1.